The summed E-state index contributed by atoms with van der Waals surface area (Å²) in [5.41, 5.74) is 1.73. The molecule has 0 unspecified atom stereocenters. The fraction of sp³-hybridized carbons (Fsp3) is 0.147. The normalized spacial score (nSPS) is 21.8. The van der Waals surface area contributed by atoms with Crippen LogP contribution in [0.25, 0.3) is 6.08 Å². The van der Waals surface area contributed by atoms with Crippen LogP contribution in [0.5, 0.6) is 5.75 Å². The summed E-state index contributed by atoms with van der Waals surface area (Å²) >= 11 is 0. The molecule has 7 rings (SSSR count). The van der Waals surface area contributed by atoms with E-state index in [1.807, 2.05) is 41.3 Å². The Kier molecular flexibility index (Phi) is 5.36. The van der Waals surface area contributed by atoms with Gasteiger partial charge in [0.25, 0.3) is 0 Å². The highest BCUT2D eigenvalue weighted by Gasteiger charge is 2.71. The monoisotopic (exact) mass is 529 g/mol. The first-order valence-corrected chi connectivity index (χ1v) is 13.1. The van der Waals surface area contributed by atoms with Crippen molar-refractivity contribution in [1.82, 2.24) is 0 Å². The fourth-order valence-electron chi connectivity index (χ4n) is 6.89. The van der Waals surface area contributed by atoms with E-state index in [9.17, 15) is 18.8 Å². The number of nitrogens with zero attached hydrogens (tertiary/aromatic N) is 1. The SMILES string of the molecule is COc1ccc(C(=O)[C@@H]2[C@@H](c3ccc(F)cc3)C3(C(=O)c4ccccc4C3=O)[C@@H]3C=Cc4ccccc4N23)cc1. The Bertz CT molecular complexity index is 1690. The van der Waals surface area contributed by atoms with E-state index in [4.69, 9.17) is 4.74 Å². The van der Waals surface area contributed by atoms with E-state index in [-0.39, 0.29) is 17.3 Å². The Morgan fingerprint density at radius 2 is 1.45 bits per heavy atom. The lowest BCUT2D eigenvalue weighted by Gasteiger charge is -2.37. The van der Waals surface area contributed by atoms with Crippen molar-refractivity contribution in [3.05, 3.63) is 137 Å². The molecule has 2 aliphatic heterocycles. The van der Waals surface area contributed by atoms with E-state index < -0.39 is 29.2 Å². The van der Waals surface area contributed by atoms with Crippen molar-refractivity contribution in [3.63, 3.8) is 0 Å². The number of hydrogen-bond donors (Lipinski definition) is 0. The number of anilines is 1. The summed E-state index contributed by atoms with van der Waals surface area (Å²) in [5, 5.41) is 0. The van der Waals surface area contributed by atoms with Crippen molar-refractivity contribution in [1.29, 1.82) is 0 Å². The molecule has 0 bridgehead atoms. The first-order valence-electron chi connectivity index (χ1n) is 13.1. The maximum absolute atomic E-state index is 14.6. The highest BCUT2D eigenvalue weighted by Crippen LogP contribution is 2.60. The van der Waals surface area contributed by atoms with Crippen molar-refractivity contribution in [2.24, 2.45) is 5.41 Å². The van der Waals surface area contributed by atoms with Crippen LogP contribution in [0.2, 0.25) is 0 Å². The van der Waals surface area contributed by atoms with Crippen molar-refractivity contribution < 1.29 is 23.5 Å². The van der Waals surface area contributed by atoms with Gasteiger partial charge in [0, 0.05) is 28.3 Å². The standard InChI is InChI=1S/C34H24FNO4/c1-40-24-17-12-22(13-18-24)31(37)30-29(21-10-15-23(35)16-11-21)34(32(38)25-7-3-4-8-26(25)33(34)39)28-19-14-20-6-2-5-9-27(20)36(28)30/h2-19,28-30H,1H3/t28-,29+,30-/m0/s1. The molecule has 2 heterocycles. The second-order valence-electron chi connectivity index (χ2n) is 10.4. The molecule has 0 saturated carbocycles. The minimum absolute atomic E-state index is 0.236. The van der Waals surface area contributed by atoms with Gasteiger partial charge in [-0.25, -0.2) is 4.39 Å². The quantitative estimate of drug-likeness (QED) is 0.234. The van der Waals surface area contributed by atoms with Gasteiger partial charge in [0.1, 0.15) is 23.0 Å². The molecule has 4 aromatic carbocycles. The molecule has 6 heteroatoms. The van der Waals surface area contributed by atoms with Crippen LogP contribution in [-0.2, 0) is 0 Å². The number of para-hydroxylation sites is 1. The third-order valence-corrected chi connectivity index (χ3v) is 8.59. The third-order valence-electron chi connectivity index (χ3n) is 8.59. The molecule has 5 nitrogen and oxygen atoms in total. The zero-order valence-electron chi connectivity index (χ0n) is 21.6. The molecule has 0 N–H and O–H groups in total. The van der Waals surface area contributed by atoms with Gasteiger partial charge in [-0.3, -0.25) is 14.4 Å². The van der Waals surface area contributed by atoms with Crippen LogP contribution in [-0.4, -0.2) is 36.5 Å². The van der Waals surface area contributed by atoms with Gasteiger partial charge in [-0.1, -0.05) is 66.7 Å². The van der Waals surface area contributed by atoms with E-state index >= 15 is 0 Å². The smallest absolute Gasteiger partial charge is 0.185 e. The van der Waals surface area contributed by atoms with E-state index in [1.165, 1.54) is 12.1 Å². The Hall–Kier alpha value is -4.84. The topological polar surface area (TPSA) is 63.7 Å². The Morgan fingerprint density at radius 1 is 0.825 bits per heavy atom. The number of ketones is 3. The zero-order valence-corrected chi connectivity index (χ0v) is 21.6. The zero-order chi connectivity index (χ0) is 27.6. The van der Waals surface area contributed by atoms with Crippen LogP contribution in [0, 0.1) is 11.2 Å². The molecule has 40 heavy (non-hydrogen) atoms. The number of carbonyl (C=O) groups is 3. The molecule has 3 aliphatic rings. The molecule has 0 radical (unpaired) electrons. The number of halogens is 1. The van der Waals surface area contributed by atoms with Gasteiger partial charge in [0.15, 0.2) is 17.3 Å². The van der Waals surface area contributed by atoms with E-state index in [0.717, 1.165) is 11.3 Å². The number of rotatable bonds is 4. The lowest BCUT2D eigenvalue weighted by molar-refractivity contribution is 0.0666. The minimum atomic E-state index is -1.61. The molecule has 0 amide bonds. The number of benzene rings is 4. The molecular weight excluding hydrogens is 505 g/mol. The first-order chi connectivity index (χ1) is 19.5. The number of Topliss-reactive ketones (excluding diaryl/α,β-unsaturated/α-hetero) is 3. The number of fused-ring (bicyclic) bond motifs is 5. The van der Waals surface area contributed by atoms with E-state index in [2.05, 4.69) is 0 Å². The van der Waals surface area contributed by atoms with Crippen LogP contribution in [0.15, 0.2) is 103 Å². The number of methoxy groups -OCH3 is 1. The molecule has 196 valence electrons. The Labute approximate surface area is 230 Å². The Morgan fingerprint density at radius 3 is 2.10 bits per heavy atom. The summed E-state index contributed by atoms with van der Waals surface area (Å²) in [7, 11) is 1.55. The van der Waals surface area contributed by atoms with Gasteiger partial charge in [-0.2, -0.15) is 0 Å². The van der Waals surface area contributed by atoms with Gasteiger partial charge in [-0.15, -0.1) is 0 Å². The molecule has 1 spiro atoms. The lowest BCUT2D eigenvalue weighted by Crippen LogP contribution is -2.48. The second kappa shape index (κ2) is 8.85. The number of carbonyl (C=O) groups excluding carboxylic acids is 3. The van der Waals surface area contributed by atoms with Crippen molar-refractivity contribution in [2.45, 2.75) is 18.0 Å². The fourth-order valence-corrected chi connectivity index (χ4v) is 6.89. The molecule has 0 aromatic heterocycles. The highest BCUT2D eigenvalue weighted by molar-refractivity contribution is 6.32. The maximum Gasteiger partial charge on any atom is 0.185 e. The van der Waals surface area contributed by atoms with Crippen LogP contribution in [0.1, 0.15) is 48.1 Å². The third kappa shape index (κ3) is 3.16. The molecule has 1 aliphatic carbocycles. The van der Waals surface area contributed by atoms with Gasteiger partial charge >= 0.3 is 0 Å². The minimum Gasteiger partial charge on any atom is -0.497 e. The van der Waals surface area contributed by atoms with Crippen LogP contribution >= 0.6 is 0 Å². The van der Waals surface area contributed by atoms with Crippen LogP contribution < -0.4 is 9.64 Å². The summed E-state index contributed by atoms with van der Waals surface area (Å²) in [4.78, 5) is 45.6. The van der Waals surface area contributed by atoms with E-state index in [0.29, 0.717) is 28.0 Å². The largest absolute Gasteiger partial charge is 0.497 e. The summed E-state index contributed by atoms with van der Waals surface area (Å²) in [5.74, 6) is -1.58. The molecule has 1 saturated heterocycles. The van der Waals surface area contributed by atoms with Crippen LogP contribution in [0.3, 0.4) is 0 Å². The van der Waals surface area contributed by atoms with Gasteiger partial charge in [0.2, 0.25) is 0 Å². The van der Waals surface area contributed by atoms with Crippen LogP contribution in [0.4, 0.5) is 10.1 Å². The summed E-state index contributed by atoms with van der Waals surface area (Å²) < 4.78 is 19.5. The van der Waals surface area contributed by atoms with Gasteiger partial charge in [-0.05, 0) is 53.6 Å². The van der Waals surface area contributed by atoms with E-state index in [1.54, 1.807) is 67.8 Å². The van der Waals surface area contributed by atoms with Crippen molar-refractivity contribution in [2.75, 3.05) is 12.0 Å². The molecule has 3 atom stereocenters. The number of ether oxygens (including phenoxy) is 1. The predicted octanol–water partition coefficient (Wildman–Crippen LogP) is 6.15. The maximum atomic E-state index is 14.6. The van der Waals surface area contributed by atoms with Crippen molar-refractivity contribution in [3.8, 4) is 5.75 Å². The van der Waals surface area contributed by atoms with Crippen molar-refractivity contribution >= 4 is 29.1 Å². The summed E-state index contributed by atoms with van der Waals surface area (Å²) in [6, 6.07) is 25.5. The molecule has 1 fully saturated rings. The first kappa shape index (κ1) is 24.2. The predicted molar refractivity (Wildman–Crippen MR) is 150 cm³/mol. The average Bonchev–Trinajstić information content (AvgIpc) is 3.43. The highest BCUT2D eigenvalue weighted by atomic mass is 19.1. The molecular formula is C34H24FNO4. The second-order valence-corrected chi connectivity index (χ2v) is 10.4. The lowest BCUT2D eigenvalue weighted by atomic mass is 9.64. The Balaban J connectivity index is 1.52. The number of hydrogen-bond acceptors (Lipinski definition) is 5. The average molecular weight is 530 g/mol. The summed E-state index contributed by atoms with van der Waals surface area (Å²) in [6.07, 6.45) is 3.80. The van der Waals surface area contributed by atoms with Gasteiger partial charge < -0.3 is 9.64 Å². The summed E-state index contributed by atoms with van der Waals surface area (Å²) in [6.45, 7) is 0. The molecule has 4 aromatic rings. The van der Waals surface area contributed by atoms with Gasteiger partial charge in [0.05, 0.1) is 13.2 Å².